The van der Waals surface area contributed by atoms with Gasteiger partial charge in [-0.2, -0.15) is 5.26 Å². The SMILES string of the molecule is N#Cc1ccc2c3ccc(-c4cccc(-c5cc6ccc7cc(-c8ccccc8)cc8ccc(c5)c6c78)c4)cc3n(-c3ccccc3)c2c1. The molecule has 10 aromatic rings. The van der Waals surface area contributed by atoms with E-state index in [2.05, 4.69) is 162 Å². The van der Waals surface area contributed by atoms with E-state index in [0.717, 1.165) is 27.7 Å². The molecular weight excluding hydrogens is 593 g/mol. The van der Waals surface area contributed by atoms with Crippen LogP contribution in [0.5, 0.6) is 0 Å². The number of aromatic nitrogens is 1. The standard InChI is InChI=1S/C47H28N2/c48-29-30-14-20-42-43-21-19-34(28-45(43)49(44(42)22-30)41-12-5-2-6-13-41)32-10-7-11-33(23-32)40-26-37-17-15-35-24-39(31-8-3-1-4-9-31)25-36-16-18-38(27-40)47(37)46(35)36/h1-28H. The lowest BCUT2D eigenvalue weighted by Gasteiger charge is -2.15. The number of rotatable bonds is 4. The third kappa shape index (κ3) is 4.34. The largest absolute Gasteiger partial charge is 0.309 e. The smallest absolute Gasteiger partial charge is 0.0992 e. The highest BCUT2D eigenvalue weighted by atomic mass is 15.0. The summed E-state index contributed by atoms with van der Waals surface area (Å²) >= 11 is 0. The molecule has 0 saturated carbocycles. The predicted octanol–water partition coefficient (Wildman–Crippen LogP) is 12.6. The summed E-state index contributed by atoms with van der Waals surface area (Å²) in [6, 6.07) is 63.4. The maximum Gasteiger partial charge on any atom is 0.0992 e. The van der Waals surface area contributed by atoms with Gasteiger partial charge in [0.2, 0.25) is 0 Å². The molecule has 1 heterocycles. The van der Waals surface area contributed by atoms with Crippen LogP contribution in [0.2, 0.25) is 0 Å². The molecule has 0 radical (unpaired) electrons. The number of hydrogen-bond donors (Lipinski definition) is 0. The minimum Gasteiger partial charge on any atom is -0.309 e. The second-order valence-corrected chi connectivity index (χ2v) is 12.9. The third-order valence-corrected chi connectivity index (χ3v) is 10.1. The predicted molar refractivity (Wildman–Crippen MR) is 206 cm³/mol. The highest BCUT2D eigenvalue weighted by molar-refractivity contribution is 6.24. The van der Waals surface area contributed by atoms with Gasteiger partial charge in [-0.15, -0.1) is 0 Å². The maximum atomic E-state index is 9.67. The monoisotopic (exact) mass is 620 g/mol. The summed E-state index contributed by atoms with van der Waals surface area (Å²) in [6.07, 6.45) is 0. The molecule has 49 heavy (non-hydrogen) atoms. The summed E-state index contributed by atoms with van der Waals surface area (Å²) in [6.45, 7) is 0. The van der Waals surface area contributed by atoms with Gasteiger partial charge in [-0.1, -0.05) is 109 Å². The fourth-order valence-corrected chi connectivity index (χ4v) is 7.80. The fraction of sp³-hybridized carbons (Fsp3) is 0. The Hall–Kier alpha value is -6.69. The number of nitrogens with zero attached hydrogens (tertiary/aromatic N) is 2. The molecule has 0 fully saturated rings. The summed E-state index contributed by atoms with van der Waals surface area (Å²) in [7, 11) is 0. The van der Waals surface area contributed by atoms with Crippen LogP contribution in [-0.4, -0.2) is 4.57 Å². The number of nitriles is 1. The van der Waals surface area contributed by atoms with Gasteiger partial charge in [0.05, 0.1) is 22.7 Å². The van der Waals surface area contributed by atoms with Crippen LogP contribution in [0.25, 0.3) is 93.2 Å². The zero-order chi connectivity index (χ0) is 32.5. The van der Waals surface area contributed by atoms with Gasteiger partial charge in [-0.05, 0) is 126 Å². The molecule has 10 rings (SSSR count). The zero-order valence-corrected chi connectivity index (χ0v) is 26.6. The molecule has 2 heteroatoms. The van der Waals surface area contributed by atoms with Crippen LogP contribution in [0.1, 0.15) is 5.56 Å². The Balaban J connectivity index is 1.10. The van der Waals surface area contributed by atoms with E-state index in [0.29, 0.717) is 5.56 Å². The Kier molecular flexibility index (Phi) is 5.97. The molecule has 0 bridgehead atoms. The average Bonchev–Trinajstić information content (AvgIpc) is 3.50. The van der Waals surface area contributed by atoms with Crippen LogP contribution >= 0.6 is 0 Å². The summed E-state index contributed by atoms with van der Waals surface area (Å²) in [5, 5.41) is 19.7. The molecule has 0 aliphatic carbocycles. The van der Waals surface area contributed by atoms with Crippen molar-refractivity contribution in [3.05, 3.63) is 175 Å². The topological polar surface area (TPSA) is 28.7 Å². The lowest BCUT2D eigenvalue weighted by molar-refractivity contribution is 1.18. The molecule has 0 N–H and O–H groups in total. The van der Waals surface area contributed by atoms with E-state index in [1.165, 1.54) is 65.5 Å². The Morgan fingerprint density at radius 3 is 1.47 bits per heavy atom. The van der Waals surface area contributed by atoms with Crippen LogP contribution < -0.4 is 0 Å². The highest BCUT2D eigenvalue weighted by Crippen LogP contribution is 2.41. The van der Waals surface area contributed by atoms with Gasteiger partial charge >= 0.3 is 0 Å². The second-order valence-electron chi connectivity index (χ2n) is 12.9. The molecule has 0 saturated heterocycles. The molecule has 0 aliphatic rings. The van der Waals surface area contributed by atoms with E-state index < -0.39 is 0 Å². The average molecular weight is 621 g/mol. The van der Waals surface area contributed by atoms with Gasteiger partial charge in [0.15, 0.2) is 0 Å². The molecule has 2 nitrogen and oxygen atoms in total. The summed E-state index contributed by atoms with van der Waals surface area (Å²) in [4.78, 5) is 0. The minimum atomic E-state index is 0.658. The van der Waals surface area contributed by atoms with Crippen molar-refractivity contribution in [3.63, 3.8) is 0 Å². The number of benzene rings is 9. The van der Waals surface area contributed by atoms with E-state index in [1.807, 2.05) is 18.2 Å². The van der Waals surface area contributed by atoms with E-state index >= 15 is 0 Å². The van der Waals surface area contributed by atoms with E-state index in [-0.39, 0.29) is 0 Å². The minimum absolute atomic E-state index is 0.658. The van der Waals surface area contributed by atoms with Gasteiger partial charge < -0.3 is 4.57 Å². The fourth-order valence-electron chi connectivity index (χ4n) is 7.80. The van der Waals surface area contributed by atoms with Crippen LogP contribution in [0.15, 0.2) is 170 Å². The first-order chi connectivity index (χ1) is 24.2. The van der Waals surface area contributed by atoms with E-state index in [9.17, 15) is 5.26 Å². The molecule has 1 aromatic heterocycles. The van der Waals surface area contributed by atoms with Crippen molar-refractivity contribution >= 4 is 54.1 Å². The van der Waals surface area contributed by atoms with Gasteiger partial charge in [0.25, 0.3) is 0 Å². The van der Waals surface area contributed by atoms with Crippen molar-refractivity contribution in [1.29, 1.82) is 5.26 Å². The molecule has 0 atom stereocenters. The molecule has 0 aliphatic heterocycles. The van der Waals surface area contributed by atoms with Crippen molar-refractivity contribution < 1.29 is 0 Å². The number of para-hydroxylation sites is 1. The van der Waals surface area contributed by atoms with Crippen LogP contribution in [-0.2, 0) is 0 Å². The molecule has 0 amide bonds. The second kappa shape index (κ2) is 10.7. The molecule has 9 aromatic carbocycles. The van der Waals surface area contributed by atoms with E-state index in [1.54, 1.807) is 0 Å². The number of hydrogen-bond acceptors (Lipinski definition) is 1. The van der Waals surface area contributed by atoms with E-state index in [4.69, 9.17) is 0 Å². The lowest BCUT2D eigenvalue weighted by Crippen LogP contribution is -1.93. The molecule has 0 unspecified atom stereocenters. The highest BCUT2D eigenvalue weighted by Gasteiger charge is 2.16. The summed E-state index contributed by atoms with van der Waals surface area (Å²) in [5.74, 6) is 0. The lowest BCUT2D eigenvalue weighted by atomic mass is 9.89. The van der Waals surface area contributed by atoms with Gasteiger partial charge in [-0.3, -0.25) is 0 Å². The van der Waals surface area contributed by atoms with Gasteiger partial charge in [0, 0.05) is 16.5 Å². The Bertz CT molecular complexity index is 2860. The molecular formula is C47H28N2. The van der Waals surface area contributed by atoms with Gasteiger partial charge in [-0.25, -0.2) is 0 Å². The Morgan fingerprint density at radius 1 is 0.367 bits per heavy atom. The molecule has 226 valence electrons. The van der Waals surface area contributed by atoms with Gasteiger partial charge in [0.1, 0.15) is 0 Å². The quantitative estimate of drug-likeness (QED) is 0.180. The summed E-state index contributed by atoms with van der Waals surface area (Å²) in [5.41, 5.74) is 11.1. The summed E-state index contributed by atoms with van der Waals surface area (Å²) < 4.78 is 2.28. The Labute approximate surface area is 283 Å². The van der Waals surface area contributed by atoms with Crippen LogP contribution in [0.4, 0.5) is 0 Å². The van der Waals surface area contributed by atoms with Crippen LogP contribution in [0, 0.1) is 11.3 Å². The van der Waals surface area contributed by atoms with Crippen LogP contribution in [0.3, 0.4) is 0 Å². The normalized spacial score (nSPS) is 11.7. The zero-order valence-electron chi connectivity index (χ0n) is 26.6. The van der Waals surface area contributed by atoms with Crippen molar-refractivity contribution in [2.75, 3.05) is 0 Å². The third-order valence-electron chi connectivity index (χ3n) is 10.1. The first kappa shape index (κ1) is 27.4. The van der Waals surface area contributed by atoms with Crippen molar-refractivity contribution in [1.82, 2.24) is 4.57 Å². The Morgan fingerprint density at radius 2 is 0.857 bits per heavy atom. The number of fused-ring (bicyclic) bond motifs is 3. The van der Waals surface area contributed by atoms with Crippen molar-refractivity contribution in [2.45, 2.75) is 0 Å². The molecule has 0 spiro atoms. The first-order valence-corrected chi connectivity index (χ1v) is 16.6. The van der Waals surface area contributed by atoms with Crippen molar-refractivity contribution in [3.8, 4) is 45.1 Å². The van der Waals surface area contributed by atoms with Crippen molar-refractivity contribution in [2.24, 2.45) is 0 Å². The maximum absolute atomic E-state index is 9.67. The first-order valence-electron chi connectivity index (χ1n) is 16.6.